The van der Waals surface area contributed by atoms with Crippen molar-refractivity contribution in [3.8, 4) is 0 Å². The van der Waals surface area contributed by atoms with Crippen LogP contribution in [0.4, 0.5) is 4.79 Å². The van der Waals surface area contributed by atoms with Gasteiger partial charge in [0.15, 0.2) is 0 Å². The van der Waals surface area contributed by atoms with Gasteiger partial charge in [-0.2, -0.15) is 0 Å². The molecule has 0 aliphatic heterocycles. The minimum Gasteiger partial charge on any atom is -0.465 e. The number of esters is 1. The Labute approximate surface area is 146 Å². The van der Waals surface area contributed by atoms with Crippen molar-refractivity contribution in [1.82, 2.24) is 10.3 Å². The summed E-state index contributed by atoms with van der Waals surface area (Å²) in [6.45, 7) is 5.50. The van der Waals surface area contributed by atoms with Crippen molar-refractivity contribution in [3.05, 3.63) is 53.7 Å². The third kappa shape index (κ3) is 5.07. The number of hydrogen-bond acceptors (Lipinski definition) is 6. The first kappa shape index (κ1) is 18.5. The fourth-order valence-electron chi connectivity index (χ4n) is 2.33. The number of ether oxygens (including phenoxy) is 2. The Kier molecular flexibility index (Phi) is 5.80. The predicted octanol–water partition coefficient (Wildman–Crippen LogP) is 3.12. The number of oxazole rings is 1. The second kappa shape index (κ2) is 7.83. The molecule has 0 spiro atoms. The van der Waals surface area contributed by atoms with Gasteiger partial charge < -0.3 is 19.2 Å². The number of carbonyl (C=O) groups excluding carboxylic acids is 2. The molecule has 7 heteroatoms. The number of nitrogens with zero attached hydrogens (tertiary/aromatic N) is 1. The van der Waals surface area contributed by atoms with Crippen LogP contribution < -0.4 is 5.32 Å². The maximum absolute atomic E-state index is 12.0. The number of rotatable bonds is 5. The van der Waals surface area contributed by atoms with Gasteiger partial charge in [0, 0.05) is 6.54 Å². The smallest absolute Gasteiger partial charge is 0.407 e. The van der Waals surface area contributed by atoms with Gasteiger partial charge in [-0.1, -0.05) is 18.2 Å². The molecule has 25 heavy (non-hydrogen) atoms. The van der Waals surface area contributed by atoms with Crippen LogP contribution in [0, 0.1) is 0 Å². The highest BCUT2D eigenvalue weighted by Crippen LogP contribution is 2.26. The van der Waals surface area contributed by atoms with Gasteiger partial charge >= 0.3 is 12.1 Å². The summed E-state index contributed by atoms with van der Waals surface area (Å²) in [5, 5.41) is 2.70. The molecule has 1 aromatic carbocycles. The fraction of sp³-hybridized carbons (Fsp3) is 0.389. The van der Waals surface area contributed by atoms with Crippen LogP contribution in [0.25, 0.3) is 0 Å². The zero-order chi connectivity index (χ0) is 18.4. The second-order valence-electron chi connectivity index (χ2n) is 6.38. The SMILES string of the molecule is COC(=O)c1ccccc1C(CNC(=O)OC(C)(C)C)c1ncco1. The van der Waals surface area contributed by atoms with Crippen LogP contribution in [0.15, 0.2) is 41.1 Å². The van der Waals surface area contributed by atoms with Crippen LogP contribution in [-0.2, 0) is 9.47 Å². The predicted molar refractivity (Wildman–Crippen MR) is 90.4 cm³/mol. The lowest BCUT2D eigenvalue weighted by molar-refractivity contribution is 0.0525. The van der Waals surface area contributed by atoms with Gasteiger partial charge in [-0.3, -0.25) is 0 Å². The summed E-state index contributed by atoms with van der Waals surface area (Å²) >= 11 is 0. The first-order chi connectivity index (χ1) is 11.8. The lowest BCUT2D eigenvalue weighted by atomic mass is 9.93. The molecule has 1 atom stereocenters. The molecular formula is C18H22N2O5. The lowest BCUT2D eigenvalue weighted by Gasteiger charge is -2.22. The van der Waals surface area contributed by atoms with E-state index in [0.29, 0.717) is 17.0 Å². The van der Waals surface area contributed by atoms with E-state index < -0.39 is 23.6 Å². The Morgan fingerprint density at radius 1 is 1.28 bits per heavy atom. The van der Waals surface area contributed by atoms with Crippen molar-refractivity contribution < 1.29 is 23.5 Å². The molecule has 0 saturated carbocycles. The summed E-state index contributed by atoms with van der Waals surface area (Å²) in [5.41, 5.74) is 0.430. The summed E-state index contributed by atoms with van der Waals surface area (Å²) in [4.78, 5) is 28.2. The molecule has 1 amide bonds. The van der Waals surface area contributed by atoms with Crippen molar-refractivity contribution in [2.24, 2.45) is 0 Å². The molecule has 7 nitrogen and oxygen atoms in total. The van der Waals surface area contributed by atoms with E-state index in [1.807, 2.05) is 0 Å². The van der Waals surface area contributed by atoms with Crippen molar-refractivity contribution in [3.63, 3.8) is 0 Å². The number of hydrogen-bond donors (Lipinski definition) is 1. The van der Waals surface area contributed by atoms with E-state index in [9.17, 15) is 9.59 Å². The number of methoxy groups -OCH3 is 1. The molecule has 0 radical (unpaired) electrons. The monoisotopic (exact) mass is 346 g/mol. The molecule has 0 aliphatic carbocycles. The molecule has 134 valence electrons. The van der Waals surface area contributed by atoms with E-state index >= 15 is 0 Å². The molecule has 1 N–H and O–H groups in total. The van der Waals surface area contributed by atoms with Gasteiger partial charge in [-0.05, 0) is 32.4 Å². The Morgan fingerprint density at radius 3 is 2.60 bits per heavy atom. The van der Waals surface area contributed by atoms with E-state index in [0.717, 1.165) is 0 Å². The van der Waals surface area contributed by atoms with Gasteiger partial charge in [0.05, 0.1) is 24.8 Å². The summed E-state index contributed by atoms with van der Waals surface area (Å²) < 4.78 is 15.5. The molecular weight excluding hydrogens is 324 g/mol. The minimum atomic E-state index is -0.605. The van der Waals surface area contributed by atoms with Crippen LogP contribution >= 0.6 is 0 Å². The van der Waals surface area contributed by atoms with Crippen LogP contribution in [0.3, 0.4) is 0 Å². The van der Waals surface area contributed by atoms with E-state index in [1.165, 1.54) is 19.6 Å². The first-order valence-corrected chi connectivity index (χ1v) is 7.85. The Hall–Kier alpha value is -2.83. The van der Waals surface area contributed by atoms with Crippen LogP contribution in [0.1, 0.15) is 48.5 Å². The Morgan fingerprint density at radius 2 is 2.00 bits per heavy atom. The Bertz CT molecular complexity index is 719. The van der Waals surface area contributed by atoms with Crippen molar-refractivity contribution in [2.75, 3.05) is 13.7 Å². The van der Waals surface area contributed by atoms with E-state index in [2.05, 4.69) is 10.3 Å². The summed E-state index contributed by atoms with van der Waals surface area (Å²) in [6.07, 6.45) is 2.40. The maximum atomic E-state index is 12.0. The fourth-order valence-corrected chi connectivity index (χ4v) is 2.33. The molecule has 0 aliphatic rings. The topological polar surface area (TPSA) is 90.7 Å². The zero-order valence-electron chi connectivity index (χ0n) is 14.7. The lowest BCUT2D eigenvalue weighted by Crippen LogP contribution is -2.35. The highest BCUT2D eigenvalue weighted by molar-refractivity contribution is 5.91. The molecule has 1 aromatic heterocycles. The normalized spacial score (nSPS) is 12.3. The van der Waals surface area contributed by atoms with Gasteiger partial charge in [0.25, 0.3) is 0 Å². The average Bonchev–Trinajstić information content (AvgIpc) is 3.07. The van der Waals surface area contributed by atoms with E-state index in [-0.39, 0.29) is 6.54 Å². The third-order valence-electron chi connectivity index (χ3n) is 3.34. The standard InChI is InChI=1S/C18H22N2O5/c1-18(2,3)25-17(22)20-11-14(15-19-9-10-24-15)12-7-5-6-8-13(12)16(21)23-4/h5-10,14H,11H2,1-4H3,(H,20,22). The first-order valence-electron chi connectivity index (χ1n) is 7.85. The molecule has 2 rings (SSSR count). The van der Waals surface area contributed by atoms with Gasteiger partial charge in [0.1, 0.15) is 11.9 Å². The Balaban J connectivity index is 2.27. The molecule has 1 heterocycles. The number of carbonyl (C=O) groups is 2. The number of benzene rings is 1. The summed E-state index contributed by atoms with van der Waals surface area (Å²) in [7, 11) is 1.32. The largest absolute Gasteiger partial charge is 0.465 e. The van der Waals surface area contributed by atoms with Gasteiger partial charge in [-0.15, -0.1) is 0 Å². The van der Waals surface area contributed by atoms with E-state index in [1.54, 1.807) is 45.0 Å². The number of amides is 1. The summed E-state index contributed by atoms with van der Waals surface area (Å²) in [6, 6.07) is 6.97. The van der Waals surface area contributed by atoms with Crippen molar-refractivity contribution in [2.45, 2.75) is 32.3 Å². The van der Waals surface area contributed by atoms with Gasteiger partial charge in [-0.25, -0.2) is 14.6 Å². The number of aromatic nitrogens is 1. The quantitative estimate of drug-likeness (QED) is 0.837. The zero-order valence-corrected chi connectivity index (χ0v) is 14.7. The number of nitrogens with one attached hydrogen (secondary N) is 1. The average molecular weight is 346 g/mol. The molecule has 2 aromatic rings. The van der Waals surface area contributed by atoms with Crippen molar-refractivity contribution in [1.29, 1.82) is 0 Å². The van der Waals surface area contributed by atoms with Crippen LogP contribution in [0.5, 0.6) is 0 Å². The number of alkyl carbamates (subject to hydrolysis) is 1. The molecule has 0 bridgehead atoms. The summed E-state index contributed by atoms with van der Waals surface area (Å²) in [5.74, 6) is -0.547. The van der Waals surface area contributed by atoms with Gasteiger partial charge in [0.2, 0.25) is 5.89 Å². The second-order valence-corrected chi connectivity index (χ2v) is 6.38. The van der Waals surface area contributed by atoms with Crippen LogP contribution in [-0.4, -0.2) is 36.3 Å². The molecule has 1 unspecified atom stereocenters. The third-order valence-corrected chi connectivity index (χ3v) is 3.34. The van der Waals surface area contributed by atoms with E-state index in [4.69, 9.17) is 13.9 Å². The molecule has 0 saturated heterocycles. The molecule has 0 fully saturated rings. The minimum absolute atomic E-state index is 0.156. The highest BCUT2D eigenvalue weighted by atomic mass is 16.6. The highest BCUT2D eigenvalue weighted by Gasteiger charge is 2.26. The maximum Gasteiger partial charge on any atom is 0.407 e. The van der Waals surface area contributed by atoms with Crippen LogP contribution in [0.2, 0.25) is 0 Å². The van der Waals surface area contributed by atoms with Crippen molar-refractivity contribution >= 4 is 12.1 Å².